The largest absolute Gasteiger partial charge is 0.308 e. The van der Waals surface area contributed by atoms with Gasteiger partial charge >= 0.3 is 0 Å². The zero-order chi connectivity index (χ0) is 13.9. The van der Waals surface area contributed by atoms with Crippen LogP contribution in [0.5, 0.6) is 0 Å². The highest BCUT2D eigenvalue weighted by Gasteiger charge is 2.19. The van der Waals surface area contributed by atoms with Crippen LogP contribution in [0, 0.1) is 0 Å². The number of nitrogens with zero attached hydrogens (tertiary/aromatic N) is 4. The molecule has 0 aliphatic carbocycles. The standard InChI is InChI=1S/C12H16N6S/c1-12(2,3)11-16-8(18-13)6-10(17-11)19-9-4-5-14-7-15-9/h4-7H,13H2,1-3H3,(H,16,17,18). The van der Waals surface area contributed by atoms with Gasteiger partial charge in [-0.3, -0.25) is 0 Å². The van der Waals surface area contributed by atoms with E-state index in [4.69, 9.17) is 5.84 Å². The molecule has 0 bridgehead atoms. The van der Waals surface area contributed by atoms with Gasteiger partial charge in [0.15, 0.2) is 0 Å². The summed E-state index contributed by atoms with van der Waals surface area (Å²) >= 11 is 1.45. The first-order valence-corrected chi connectivity index (χ1v) is 6.61. The van der Waals surface area contributed by atoms with Gasteiger partial charge in [-0.2, -0.15) is 0 Å². The second-order valence-electron chi connectivity index (χ2n) is 4.96. The number of nitrogen functional groups attached to an aromatic ring is 1. The van der Waals surface area contributed by atoms with Crippen LogP contribution in [-0.2, 0) is 5.41 Å². The first-order valence-electron chi connectivity index (χ1n) is 5.79. The highest BCUT2D eigenvalue weighted by molar-refractivity contribution is 7.99. The smallest absolute Gasteiger partial charge is 0.144 e. The van der Waals surface area contributed by atoms with Crippen LogP contribution in [0.2, 0.25) is 0 Å². The molecular weight excluding hydrogens is 260 g/mol. The third-order valence-electron chi connectivity index (χ3n) is 2.29. The Kier molecular flexibility index (Phi) is 3.96. The lowest BCUT2D eigenvalue weighted by Crippen LogP contribution is -2.19. The summed E-state index contributed by atoms with van der Waals surface area (Å²) in [5, 5.41) is 1.63. The maximum Gasteiger partial charge on any atom is 0.144 e. The van der Waals surface area contributed by atoms with Gasteiger partial charge in [0.25, 0.3) is 0 Å². The molecule has 0 aliphatic heterocycles. The van der Waals surface area contributed by atoms with Crippen LogP contribution in [0.25, 0.3) is 0 Å². The molecule has 3 N–H and O–H groups in total. The SMILES string of the molecule is CC(C)(C)c1nc(NN)cc(Sc2ccncn2)n1. The summed E-state index contributed by atoms with van der Waals surface area (Å²) in [5.74, 6) is 6.78. The van der Waals surface area contributed by atoms with Crippen LogP contribution in [-0.4, -0.2) is 19.9 Å². The lowest BCUT2D eigenvalue weighted by Gasteiger charge is -2.18. The Labute approximate surface area is 116 Å². The number of nitrogens with one attached hydrogen (secondary N) is 1. The van der Waals surface area contributed by atoms with Gasteiger partial charge in [-0.05, 0) is 17.8 Å². The van der Waals surface area contributed by atoms with E-state index in [-0.39, 0.29) is 5.41 Å². The van der Waals surface area contributed by atoms with E-state index in [9.17, 15) is 0 Å². The molecule has 0 saturated heterocycles. The van der Waals surface area contributed by atoms with Gasteiger partial charge in [-0.1, -0.05) is 20.8 Å². The lowest BCUT2D eigenvalue weighted by atomic mass is 9.96. The van der Waals surface area contributed by atoms with Crippen molar-refractivity contribution in [1.29, 1.82) is 0 Å². The zero-order valence-electron chi connectivity index (χ0n) is 11.1. The second-order valence-corrected chi connectivity index (χ2v) is 6.00. The van der Waals surface area contributed by atoms with E-state index in [1.54, 1.807) is 12.3 Å². The Balaban J connectivity index is 2.35. The van der Waals surface area contributed by atoms with Crippen LogP contribution >= 0.6 is 11.8 Å². The zero-order valence-corrected chi connectivity index (χ0v) is 11.9. The third kappa shape index (κ3) is 3.62. The fourth-order valence-corrected chi connectivity index (χ4v) is 2.08. The van der Waals surface area contributed by atoms with Crippen LogP contribution in [0.4, 0.5) is 5.82 Å². The molecular formula is C12H16N6S. The minimum absolute atomic E-state index is 0.145. The molecule has 2 rings (SSSR count). The van der Waals surface area contributed by atoms with E-state index in [0.29, 0.717) is 5.82 Å². The van der Waals surface area contributed by atoms with Crippen molar-refractivity contribution in [3.63, 3.8) is 0 Å². The normalized spacial score (nSPS) is 11.4. The van der Waals surface area contributed by atoms with Gasteiger partial charge in [0, 0.05) is 17.7 Å². The van der Waals surface area contributed by atoms with E-state index in [1.165, 1.54) is 18.1 Å². The minimum Gasteiger partial charge on any atom is -0.308 e. The van der Waals surface area contributed by atoms with Gasteiger partial charge < -0.3 is 5.43 Å². The number of hydrazine groups is 1. The highest BCUT2D eigenvalue weighted by atomic mass is 32.2. The molecule has 0 atom stereocenters. The summed E-state index contributed by atoms with van der Waals surface area (Å²) in [7, 11) is 0. The number of hydrogen-bond acceptors (Lipinski definition) is 7. The molecule has 2 aromatic rings. The average molecular weight is 276 g/mol. The number of anilines is 1. The number of aromatic nitrogens is 4. The van der Waals surface area contributed by atoms with Crippen molar-refractivity contribution in [2.75, 3.05) is 5.43 Å². The molecule has 0 amide bonds. The Hall–Kier alpha value is -1.73. The van der Waals surface area contributed by atoms with Crippen molar-refractivity contribution in [2.45, 2.75) is 36.2 Å². The summed E-state index contributed by atoms with van der Waals surface area (Å²) in [4.78, 5) is 17.0. The number of rotatable bonds is 3. The maximum absolute atomic E-state index is 5.45. The summed E-state index contributed by atoms with van der Waals surface area (Å²) in [6.45, 7) is 6.17. The average Bonchev–Trinajstić information content (AvgIpc) is 2.38. The van der Waals surface area contributed by atoms with E-state index in [2.05, 4.69) is 46.1 Å². The van der Waals surface area contributed by atoms with Crippen molar-refractivity contribution >= 4 is 17.6 Å². The summed E-state index contributed by atoms with van der Waals surface area (Å²) in [6, 6.07) is 3.63. The topological polar surface area (TPSA) is 89.6 Å². The van der Waals surface area contributed by atoms with Crippen molar-refractivity contribution < 1.29 is 0 Å². The van der Waals surface area contributed by atoms with Crippen molar-refractivity contribution in [1.82, 2.24) is 19.9 Å². The van der Waals surface area contributed by atoms with E-state index < -0.39 is 0 Å². The molecule has 0 saturated carbocycles. The fourth-order valence-electron chi connectivity index (χ4n) is 1.33. The molecule has 19 heavy (non-hydrogen) atoms. The first-order chi connectivity index (χ1) is 8.99. The molecule has 0 aliphatic rings. The van der Waals surface area contributed by atoms with Crippen molar-refractivity contribution in [2.24, 2.45) is 5.84 Å². The Morgan fingerprint density at radius 3 is 2.58 bits per heavy atom. The van der Waals surface area contributed by atoms with Crippen LogP contribution in [0.15, 0.2) is 34.7 Å². The van der Waals surface area contributed by atoms with Gasteiger partial charge in [0.1, 0.15) is 28.0 Å². The quantitative estimate of drug-likeness (QED) is 0.503. The van der Waals surface area contributed by atoms with E-state index >= 15 is 0 Å². The number of hydrogen-bond donors (Lipinski definition) is 2. The summed E-state index contributed by atoms with van der Waals surface area (Å²) < 4.78 is 0. The molecule has 6 nitrogen and oxygen atoms in total. The van der Waals surface area contributed by atoms with Crippen LogP contribution in [0.3, 0.4) is 0 Å². The molecule has 0 unspecified atom stereocenters. The van der Waals surface area contributed by atoms with Crippen LogP contribution in [0.1, 0.15) is 26.6 Å². The van der Waals surface area contributed by atoms with Gasteiger partial charge in [0.2, 0.25) is 0 Å². The monoisotopic (exact) mass is 276 g/mol. The molecule has 100 valence electrons. The highest BCUT2D eigenvalue weighted by Crippen LogP contribution is 2.28. The molecule has 7 heteroatoms. The van der Waals surface area contributed by atoms with E-state index in [1.807, 2.05) is 6.07 Å². The van der Waals surface area contributed by atoms with E-state index in [0.717, 1.165) is 15.9 Å². The Morgan fingerprint density at radius 1 is 1.21 bits per heavy atom. The van der Waals surface area contributed by atoms with Crippen LogP contribution < -0.4 is 11.3 Å². The molecule has 0 spiro atoms. The molecule has 0 fully saturated rings. The first kappa shape index (κ1) is 13.7. The predicted octanol–water partition coefficient (Wildman–Crippen LogP) is 2.00. The maximum atomic E-state index is 5.45. The molecule has 0 aromatic carbocycles. The van der Waals surface area contributed by atoms with Gasteiger partial charge in [-0.25, -0.2) is 25.8 Å². The second kappa shape index (κ2) is 5.50. The van der Waals surface area contributed by atoms with Gasteiger partial charge in [0.05, 0.1) is 0 Å². The van der Waals surface area contributed by atoms with Gasteiger partial charge in [-0.15, -0.1) is 0 Å². The molecule has 2 aromatic heterocycles. The Bertz CT molecular complexity index is 552. The number of nitrogens with two attached hydrogens (primary N) is 1. The lowest BCUT2D eigenvalue weighted by molar-refractivity contribution is 0.539. The summed E-state index contributed by atoms with van der Waals surface area (Å²) in [6.07, 6.45) is 3.21. The van der Waals surface area contributed by atoms with Crippen molar-refractivity contribution in [3.8, 4) is 0 Å². The summed E-state index contributed by atoms with van der Waals surface area (Å²) in [5.41, 5.74) is 2.42. The Morgan fingerprint density at radius 2 is 2.00 bits per heavy atom. The van der Waals surface area contributed by atoms with Crippen molar-refractivity contribution in [3.05, 3.63) is 30.5 Å². The third-order valence-corrected chi connectivity index (χ3v) is 3.15. The fraction of sp³-hybridized carbons (Fsp3) is 0.333. The molecule has 2 heterocycles. The predicted molar refractivity (Wildman–Crippen MR) is 74.7 cm³/mol. The minimum atomic E-state index is -0.145. The molecule has 0 radical (unpaired) electrons.